The second-order valence-electron chi connectivity index (χ2n) is 6.52. The Hall–Kier alpha value is -2.47. The largest absolute Gasteiger partial charge is 0.497 e. The number of hydrogen-bond acceptors (Lipinski definition) is 4. The Morgan fingerprint density at radius 2 is 2.00 bits per heavy atom. The van der Waals surface area contributed by atoms with Crippen molar-refractivity contribution in [1.29, 1.82) is 0 Å². The first kappa shape index (κ1) is 17.0. The van der Waals surface area contributed by atoms with Gasteiger partial charge in [0.25, 0.3) is 0 Å². The van der Waals surface area contributed by atoms with Gasteiger partial charge >= 0.3 is 0 Å². The molecule has 6 heteroatoms. The molecule has 0 aromatic heterocycles. The standard InChI is InChI=1S/C20H20N2O3S/c1-25-17-7-3-6-16(11-17)22-18(23)12-26-20(22)14-4-2-5-15(10-14)21-19(24)13-8-9-13/h2-7,10-11,13,20H,8-9,12H2,1H3,(H,21,24)/t20-/m1/s1. The lowest BCUT2D eigenvalue weighted by molar-refractivity contribution is -0.117. The Morgan fingerprint density at radius 3 is 2.77 bits per heavy atom. The molecular formula is C20H20N2O3S. The summed E-state index contributed by atoms with van der Waals surface area (Å²) in [5.41, 5.74) is 2.60. The van der Waals surface area contributed by atoms with Crippen LogP contribution in [0.25, 0.3) is 0 Å². The molecule has 0 bridgehead atoms. The number of methoxy groups -OCH3 is 1. The van der Waals surface area contributed by atoms with E-state index in [4.69, 9.17) is 4.74 Å². The second kappa shape index (κ2) is 7.03. The third kappa shape index (κ3) is 3.42. The summed E-state index contributed by atoms with van der Waals surface area (Å²) in [6, 6.07) is 15.3. The number of carbonyl (C=O) groups excluding carboxylic acids is 2. The summed E-state index contributed by atoms with van der Waals surface area (Å²) in [6.07, 6.45) is 1.95. The lowest BCUT2D eigenvalue weighted by Crippen LogP contribution is -2.27. The van der Waals surface area contributed by atoms with Gasteiger partial charge in [0, 0.05) is 23.4 Å². The normalized spacial score (nSPS) is 19.5. The highest BCUT2D eigenvalue weighted by Crippen LogP contribution is 2.43. The van der Waals surface area contributed by atoms with Crippen LogP contribution in [-0.2, 0) is 9.59 Å². The number of rotatable bonds is 5. The molecule has 2 fully saturated rings. The van der Waals surface area contributed by atoms with Crippen LogP contribution >= 0.6 is 11.8 Å². The number of nitrogens with one attached hydrogen (secondary N) is 1. The van der Waals surface area contributed by atoms with Crippen molar-refractivity contribution in [1.82, 2.24) is 0 Å². The molecular weight excluding hydrogens is 348 g/mol. The van der Waals surface area contributed by atoms with Crippen LogP contribution < -0.4 is 15.0 Å². The minimum absolute atomic E-state index is 0.0701. The number of amides is 2. The molecule has 1 N–H and O–H groups in total. The Bertz CT molecular complexity index is 850. The van der Waals surface area contributed by atoms with Crippen molar-refractivity contribution >= 4 is 35.0 Å². The van der Waals surface area contributed by atoms with Crippen molar-refractivity contribution in [2.45, 2.75) is 18.2 Å². The second-order valence-corrected chi connectivity index (χ2v) is 7.59. The molecule has 1 atom stereocenters. The minimum Gasteiger partial charge on any atom is -0.497 e. The summed E-state index contributed by atoms with van der Waals surface area (Å²) in [5.74, 6) is 1.47. The van der Waals surface area contributed by atoms with Crippen LogP contribution in [0.15, 0.2) is 48.5 Å². The number of carbonyl (C=O) groups is 2. The first-order valence-corrected chi connectivity index (χ1v) is 9.69. The molecule has 1 saturated heterocycles. The molecule has 2 aliphatic rings. The maximum atomic E-state index is 12.5. The molecule has 2 aromatic rings. The van der Waals surface area contributed by atoms with Gasteiger partial charge in [-0.1, -0.05) is 18.2 Å². The number of thioether (sulfide) groups is 1. The van der Waals surface area contributed by atoms with Gasteiger partial charge in [-0.25, -0.2) is 0 Å². The Labute approximate surface area is 156 Å². The molecule has 4 rings (SSSR count). The molecule has 1 heterocycles. The predicted molar refractivity (Wildman–Crippen MR) is 103 cm³/mol. The van der Waals surface area contributed by atoms with Gasteiger partial charge in [-0.3, -0.25) is 14.5 Å². The van der Waals surface area contributed by atoms with E-state index in [0.29, 0.717) is 5.75 Å². The topological polar surface area (TPSA) is 58.6 Å². The van der Waals surface area contributed by atoms with Gasteiger partial charge in [-0.15, -0.1) is 11.8 Å². The predicted octanol–water partition coefficient (Wildman–Crippen LogP) is 3.82. The average molecular weight is 368 g/mol. The van der Waals surface area contributed by atoms with Gasteiger partial charge in [0.05, 0.1) is 12.9 Å². The summed E-state index contributed by atoms with van der Waals surface area (Å²) in [4.78, 5) is 26.3. The Kier molecular flexibility index (Phi) is 4.59. The molecule has 2 amide bonds. The summed E-state index contributed by atoms with van der Waals surface area (Å²) in [7, 11) is 1.61. The molecule has 1 saturated carbocycles. The van der Waals surface area contributed by atoms with Crippen molar-refractivity contribution in [3.05, 3.63) is 54.1 Å². The van der Waals surface area contributed by atoms with Crippen LogP contribution in [0.5, 0.6) is 5.75 Å². The van der Waals surface area contributed by atoms with E-state index >= 15 is 0 Å². The highest BCUT2D eigenvalue weighted by atomic mass is 32.2. The van der Waals surface area contributed by atoms with E-state index in [2.05, 4.69) is 5.32 Å². The SMILES string of the molecule is COc1cccc(N2C(=O)CS[C@@H]2c2cccc(NC(=O)C3CC3)c2)c1. The minimum atomic E-state index is -0.118. The Balaban J connectivity index is 1.61. The lowest BCUT2D eigenvalue weighted by atomic mass is 10.1. The van der Waals surface area contributed by atoms with Gasteiger partial charge < -0.3 is 10.1 Å². The quantitative estimate of drug-likeness (QED) is 0.872. The molecule has 1 aliphatic carbocycles. The van der Waals surface area contributed by atoms with Crippen LogP contribution in [0.1, 0.15) is 23.8 Å². The van der Waals surface area contributed by atoms with E-state index in [0.717, 1.165) is 35.5 Å². The third-order valence-corrected chi connectivity index (χ3v) is 5.80. The van der Waals surface area contributed by atoms with E-state index in [9.17, 15) is 9.59 Å². The molecule has 0 unspecified atom stereocenters. The molecule has 26 heavy (non-hydrogen) atoms. The fraction of sp³-hybridized carbons (Fsp3) is 0.300. The van der Waals surface area contributed by atoms with Crippen LogP contribution in [0.2, 0.25) is 0 Å². The highest BCUT2D eigenvalue weighted by Gasteiger charge is 2.34. The van der Waals surface area contributed by atoms with Crippen molar-refractivity contribution in [2.24, 2.45) is 5.92 Å². The van der Waals surface area contributed by atoms with Crippen molar-refractivity contribution in [3.63, 3.8) is 0 Å². The fourth-order valence-corrected chi connectivity index (χ4v) is 4.24. The molecule has 134 valence electrons. The highest BCUT2D eigenvalue weighted by molar-refractivity contribution is 8.00. The zero-order valence-corrected chi connectivity index (χ0v) is 15.3. The number of hydrogen-bond donors (Lipinski definition) is 1. The summed E-state index contributed by atoms with van der Waals surface area (Å²) in [5, 5.41) is 2.86. The van der Waals surface area contributed by atoms with E-state index in [1.54, 1.807) is 23.8 Å². The van der Waals surface area contributed by atoms with Crippen molar-refractivity contribution in [2.75, 3.05) is 23.1 Å². The van der Waals surface area contributed by atoms with Crippen molar-refractivity contribution in [3.8, 4) is 5.75 Å². The summed E-state index contributed by atoms with van der Waals surface area (Å²) < 4.78 is 5.29. The zero-order chi connectivity index (χ0) is 18.1. The van der Waals surface area contributed by atoms with E-state index < -0.39 is 0 Å². The van der Waals surface area contributed by atoms with Crippen LogP contribution in [0.4, 0.5) is 11.4 Å². The molecule has 2 aromatic carbocycles. The first-order chi connectivity index (χ1) is 12.7. The van der Waals surface area contributed by atoms with E-state index in [-0.39, 0.29) is 23.1 Å². The van der Waals surface area contributed by atoms with Crippen molar-refractivity contribution < 1.29 is 14.3 Å². The van der Waals surface area contributed by atoms with Gasteiger partial charge in [-0.05, 0) is 42.7 Å². The van der Waals surface area contributed by atoms with E-state index in [1.165, 1.54) is 0 Å². The van der Waals surface area contributed by atoms with Gasteiger partial charge in [0.2, 0.25) is 11.8 Å². The summed E-state index contributed by atoms with van der Waals surface area (Å²) in [6.45, 7) is 0. The van der Waals surface area contributed by atoms with Crippen LogP contribution in [0, 0.1) is 5.92 Å². The molecule has 1 aliphatic heterocycles. The zero-order valence-electron chi connectivity index (χ0n) is 14.5. The molecule has 0 radical (unpaired) electrons. The van der Waals surface area contributed by atoms with Gasteiger partial charge in [0.1, 0.15) is 11.1 Å². The lowest BCUT2D eigenvalue weighted by Gasteiger charge is -2.25. The monoisotopic (exact) mass is 368 g/mol. The van der Waals surface area contributed by atoms with Crippen LogP contribution in [-0.4, -0.2) is 24.7 Å². The molecule has 0 spiro atoms. The number of nitrogens with zero attached hydrogens (tertiary/aromatic N) is 1. The Morgan fingerprint density at radius 1 is 1.19 bits per heavy atom. The smallest absolute Gasteiger partial charge is 0.238 e. The maximum Gasteiger partial charge on any atom is 0.238 e. The fourth-order valence-electron chi connectivity index (χ4n) is 3.07. The van der Waals surface area contributed by atoms with Crippen LogP contribution in [0.3, 0.4) is 0 Å². The summed E-state index contributed by atoms with van der Waals surface area (Å²) >= 11 is 1.59. The first-order valence-electron chi connectivity index (χ1n) is 8.64. The number of ether oxygens (including phenoxy) is 1. The third-order valence-electron chi connectivity index (χ3n) is 4.59. The maximum absolute atomic E-state index is 12.5. The van der Waals surface area contributed by atoms with Gasteiger partial charge in [0.15, 0.2) is 0 Å². The average Bonchev–Trinajstić information content (AvgIpc) is 3.44. The number of benzene rings is 2. The number of anilines is 2. The van der Waals surface area contributed by atoms with Gasteiger partial charge in [-0.2, -0.15) is 0 Å². The molecule has 5 nitrogen and oxygen atoms in total. The van der Waals surface area contributed by atoms with E-state index in [1.807, 2.05) is 48.5 Å².